The zero-order valence-electron chi connectivity index (χ0n) is 10.5. The predicted octanol–water partition coefficient (Wildman–Crippen LogP) is 1.84. The van der Waals surface area contributed by atoms with Gasteiger partial charge >= 0.3 is 6.09 Å². The van der Waals surface area contributed by atoms with Gasteiger partial charge in [-0.05, 0) is 17.9 Å². The van der Waals surface area contributed by atoms with Gasteiger partial charge in [0.15, 0.2) is 0 Å². The van der Waals surface area contributed by atoms with Gasteiger partial charge in [-0.2, -0.15) is 0 Å². The number of aliphatic hydroxyl groups excluding tert-OH is 1. The van der Waals surface area contributed by atoms with Crippen molar-refractivity contribution >= 4 is 6.09 Å². The molecule has 1 heterocycles. The fourth-order valence-electron chi connectivity index (χ4n) is 2.66. The highest BCUT2D eigenvalue weighted by Gasteiger charge is 2.36. The van der Waals surface area contributed by atoms with Gasteiger partial charge in [-0.3, -0.25) is 0 Å². The summed E-state index contributed by atoms with van der Waals surface area (Å²) in [5, 5.41) is 18.9. The molecule has 1 aromatic carbocycles. The van der Waals surface area contributed by atoms with E-state index in [9.17, 15) is 9.90 Å². The van der Waals surface area contributed by atoms with Crippen molar-refractivity contribution in [2.45, 2.75) is 19.4 Å². The van der Waals surface area contributed by atoms with E-state index in [0.29, 0.717) is 6.54 Å². The molecule has 4 heteroatoms. The van der Waals surface area contributed by atoms with Gasteiger partial charge < -0.3 is 15.1 Å². The maximum absolute atomic E-state index is 10.9. The monoisotopic (exact) mass is 249 g/mol. The number of likely N-dealkylation sites (tertiary alicyclic amines) is 1. The van der Waals surface area contributed by atoms with Crippen molar-refractivity contribution in [2.75, 3.05) is 13.1 Å². The Kier molecular flexibility index (Phi) is 3.87. The predicted molar refractivity (Wildman–Crippen MR) is 68.4 cm³/mol. The summed E-state index contributed by atoms with van der Waals surface area (Å²) in [6.45, 7) is 2.75. The SMILES string of the molecule is CC(Cc1ccccc1)C1CN(C(=O)O)CC1O. The van der Waals surface area contributed by atoms with Crippen LogP contribution in [0.15, 0.2) is 30.3 Å². The highest BCUT2D eigenvalue weighted by Crippen LogP contribution is 2.27. The Morgan fingerprint density at radius 1 is 1.39 bits per heavy atom. The van der Waals surface area contributed by atoms with E-state index in [-0.39, 0.29) is 18.4 Å². The van der Waals surface area contributed by atoms with Crippen LogP contribution in [0.2, 0.25) is 0 Å². The lowest BCUT2D eigenvalue weighted by molar-refractivity contribution is 0.114. The lowest BCUT2D eigenvalue weighted by Crippen LogP contribution is -2.28. The minimum Gasteiger partial charge on any atom is -0.465 e. The molecule has 0 spiro atoms. The molecule has 2 N–H and O–H groups in total. The molecule has 0 radical (unpaired) electrons. The van der Waals surface area contributed by atoms with E-state index in [0.717, 1.165) is 6.42 Å². The Hall–Kier alpha value is -1.55. The molecule has 1 amide bonds. The molecule has 1 aromatic rings. The quantitative estimate of drug-likeness (QED) is 0.859. The third-order valence-electron chi connectivity index (χ3n) is 3.73. The summed E-state index contributed by atoms with van der Waals surface area (Å²) >= 11 is 0. The third kappa shape index (κ3) is 2.82. The first-order chi connectivity index (χ1) is 8.58. The second-order valence-electron chi connectivity index (χ2n) is 5.09. The summed E-state index contributed by atoms with van der Waals surface area (Å²) in [6, 6.07) is 10.1. The molecule has 4 nitrogen and oxygen atoms in total. The minimum atomic E-state index is -0.941. The van der Waals surface area contributed by atoms with Gasteiger partial charge in [-0.1, -0.05) is 37.3 Å². The lowest BCUT2D eigenvalue weighted by Gasteiger charge is -2.21. The van der Waals surface area contributed by atoms with E-state index in [2.05, 4.69) is 19.1 Å². The molecule has 18 heavy (non-hydrogen) atoms. The van der Waals surface area contributed by atoms with Crippen molar-refractivity contribution in [3.8, 4) is 0 Å². The molecule has 1 fully saturated rings. The number of nitrogens with zero attached hydrogens (tertiary/aromatic N) is 1. The Labute approximate surface area is 107 Å². The molecule has 3 unspecified atom stereocenters. The van der Waals surface area contributed by atoms with Crippen molar-refractivity contribution in [1.29, 1.82) is 0 Å². The van der Waals surface area contributed by atoms with E-state index < -0.39 is 12.2 Å². The number of aliphatic hydroxyl groups is 1. The first-order valence-corrected chi connectivity index (χ1v) is 6.27. The molecular weight excluding hydrogens is 230 g/mol. The highest BCUT2D eigenvalue weighted by atomic mass is 16.4. The summed E-state index contributed by atoms with van der Waals surface area (Å²) in [5.74, 6) is 0.299. The van der Waals surface area contributed by atoms with Gasteiger partial charge in [0.2, 0.25) is 0 Å². The fourth-order valence-corrected chi connectivity index (χ4v) is 2.66. The first-order valence-electron chi connectivity index (χ1n) is 6.27. The molecular formula is C14H19NO3. The third-order valence-corrected chi connectivity index (χ3v) is 3.73. The Morgan fingerprint density at radius 2 is 2.06 bits per heavy atom. The van der Waals surface area contributed by atoms with Crippen molar-refractivity contribution < 1.29 is 15.0 Å². The second-order valence-corrected chi connectivity index (χ2v) is 5.09. The van der Waals surface area contributed by atoms with Crippen LogP contribution in [0.1, 0.15) is 12.5 Å². The van der Waals surface area contributed by atoms with Crippen molar-refractivity contribution in [1.82, 2.24) is 4.90 Å². The number of amides is 1. The van der Waals surface area contributed by atoms with Crippen LogP contribution >= 0.6 is 0 Å². The van der Waals surface area contributed by atoms with Crippen LogP contribution < -0.4 is 0 Å². The molecule has 1 saturated heterocycles. The number of β-amino-alcohol motifs (C(OH)–C–C–N with tert-alkyl or cyclic N) is 1. The van der Waals surface area contributed by atoms with E-state index in [4.69, 9.17) is 5.11 Å². The van der Waals surface area contributed by atoms with Gasteiger partial charge in [-0.25, -0.2) is 4.79 Å². The minimum absolute atomic E-state index is 0.0290. The van der Waals surface area contributed by atoms with Crippen LogP contribution in [0, 0.1) is 11.8 Å². The zero-order chi connectivity index (χ0) is 13.1. The largest absolute Gasteiger partial charge is 0.465 e. The molecule has 2 rings (SSSR count). The number of hydrogen-bond acceptors (Lipinski definition) is 2. The topological polar surface area (TPSA) is 60.8 Å². The van der Waals surface area contributed by atoms with Crippen molar-refractivity contribution in [3.05, 3.63) is 35.9 Å². The van der Waals surface area contributed by atoms with Crippen molar-refractivity contribution in [3.63, 3.8) is 0 Å². The Bertz CT molecular complexity index is 407. The summed E-state index contributed by atoms with van der Waals surface area (Å²) < 4.78 is 0. The van der Waals surface area contributed by atoms with Crippen LogP contribution in [-0.4, -0.2) is 40.4 Å². The maximum Gasteiger partial charge on any atom is 0.407 e. The van der Waals surface area contributed by atoms with Crippen LogP contribution in [0.25, 0.3) is 0 Å². The molecule has 1 aliphatic rings. The van der Waals surface area contributed by atoms with E-state index in [1.165, 1.54) is 10.5 Å². The Balaban J connectivity index is 1.97. The highest BCUT2D eigenvalue weighted by molar-refractivity contribution is 5.65. The molecule has 0 aromatic heterocycles. The van der Waals surface area contributed by atoms with Crippen LogP contribution in [0.5, 0.6) is 0 Å². The Morgan fingerprint density at radius 3 is 2.61 bits per heavy atom. The van der Waals surface area contributed by atoms with E-state index >= 15 is 0 Å². The van der Waals surface area contributed by atoms with Crippen molar-refractivity contribution in [2.24, 2.45) is 11.8 Å². The van der Waals surface area contributed by atoms with E-state index in [1.54, 1.807) is 0 Å². The molecule has 0 bridgehead atoms. The number of rotatable bonds is 3. The number of carboxylic acid groups (broad SMARTS) is 1. The maximum atomic E-state index is 10.9. The summed E-state index contributed by atoms with van der Waals surface area (Å²) in [4.78, 5) is 12.2. The molecule has 0 saturated carbocycles. The summed E-state index contributed by atoms with van der Waals surface area (Å²) in [7, 11) is 0. The van der Waals surface area contributed by atoms with Gasteiger partial charge in [0, 0.05) is 12.5 Å². The summed E-state index contributed by atoms with van der Waals surface area (Å²) in [5.41, 5.74) is 1.23. The second kappa shape index (κ2) is 5.40. The number of benzene rings is 1. The molecule has 98 valence electrons. The lowest BCUT2D eigenvalue weighted by atomic mass is 9.86. The van der Waals surface area contributed by atoms with Gasteiger partial charge in [-0.15, -0.1) is 0 Å². The van der Waals surface area contributed by atoms with Crippen LogP contribution in [-0.2, 0) is 6.42 Å². The normalized spacial score (nSPS) is 25.1. The fraction of sp³-hybridized carbons (Fsp3) is 0.500. The number of hydrogen-bond donors (Lipinski definition) is 2. The zero-order valence-corrected chi connectivity index (χ0v) is 10.5. The number of carbonyl (C=O) groups is 1. The average Bonchev–Trinajstić information content (AvgIpc) is 2.73. The van der Waals surface area contributed by atoms with Crippen LogP contribution in [0.3, 0.4) is 0 Å². The van der Waals surface area contributed by atoms with Gasteiger partial charge in [0.05, 0.1) is 12.6 Å². The summed E-state index contributed by atoms with van der Waals surface area (Å²) in [6.07, 6.45) is -0.612. The van der Waals surface area contributed by atoms with Gasteiger partial charge in [0.1, 0.15) is 0 Å². The van der Waals surface area contributed by atoms with E-state index in [1.807, 2.05) is 18.2 Å². The molecule has 1 aliphatic heterocycles. The molecule has 0 aliphatic carbocycles. The average molecular weight is 249 g/mol. The smallest absolute Gasteiger partial charge is 0.407 e. The van der Waals surface area contributed by atoms with Gasteiger partial charge in [0.25, 0.3) is 0 Å². The molecule has 3 atom stereocenters. The standard InChI is InChI=1S/C14H19NO3/c1-10(7-11-5-3-2-4-6-11)12-8-15(14(17)18)9-13(12)16/h2-6,10,12-13,16H,7-9H2,1H3,(H,17,18). The van der Waals surface area contributed by atoms with Crippen LogP contribution in [0.4, 0.5) is 4.79 Å². The first kappa shape index (κ1) is 12.9.